The van der Waals surface area contributed by atoms with Crippen LogP contribution in [-0.4, -0.2) is 12.3 Å². The molecule has 0 aromatic carbocycles. The Hall–Kier alpha value is -0.130. The molecule has 11 heavy (non-hydrogen) atoms. The molecule has 0 heterocycles. The molecule has 0 aromatic heterocycles. The van der Waals surface area contributed by atoms with E-state index in [-0.39, 0.29) is 0 Å². The van der Waals surface area contributed by atoms with E-state index in [2.05, 4.69) is 4.52 Å². The second-order valence-electron chi connectivity index (χ2n) is 1.72. The van der Waals surface area contributed by atoms with Crippen molar-refractivity contribution >= 4 is 7.91 Å². The summed E-state index contributed by atoms with van der Waals surface area (Å²) in [7, 11) is -5.79. The lowest BCUT2D eigenvalue weighted by Crippen LogP contribution is -2.28. The number of alkyl halides is 3. The molecule has 0 amide bonds. The summed E-state index contributed by atoms with van der Waals surface area (Å²) in [5.74, 6) is 0. The van der Waals surface area contributed by atoms with Crippen molar-refractivity contribution in [2.75, 3.05) is 0 Å². The molecule has 0 saturated carbocycles. The van der Waals surface area contributed by atoms with Crippen LogP contribution in [0.5, 0.6) is 0 Å². The Bertz CT molecular complexity index is 172. The van der Waals surface area contributed by atoms with E-state index in [0.717, 1.165) is 0 Å². The molecule has 0 saturated heterocycles. The first kappa shape index (κ1) is 10.9. The highest BCUT2D eigenvalue weighted by atomic mass is 31.2. The lowest BCUT2D eigenvalue weighted by Gasteiger charge is -2.20. The monoisotopic (exact) mass is 195 g/mol. The summed E-state index contributed by atoms with van der Waals surface area (Å²) >= 11 is 0. The first-order valence-electron chi connectivity index (χ1n) is 2.39. The Labute approximate surface area is 59.6 Å². The third kappa shape index (κ3) is 5.17. The van der Waals surface area contributed by atoms with Crippen LogP contribution in [0, 0.1) is 0 Å². The van der Waals surface area contributed by atoms with Gasteiger partial charge in [0, 0.05) is 0 Å². The van der Waals surface area contributed by atoms with Gasteiger partial charge in [0.2, 0.25) is 0 Å². The van der Waals surface area contributed by atoms with Gasteiger partial charge in [0.1, 0.15) is 0 Å². The largest absolute Gasteiger partial charge is 0.753 e. The maximum Gasteiger partial charge on any atom is 0.414 e. The van der Waals surface area contributed by atoms with Crippen LogP contribution in [0.1, 0.15) is 6.92 Å². The zero-order chi connectivity index (χ0) is 9.28. The highest BCUT2D eigenvalue weighted by molar-refractivity contribution is 7.45. The fourth-order valence-corrected chi connectivity index (χ4v) is 0.746. The molecule has 68 valence electrons. The molecule has 0 bridgehead atoms. The van der Waals surface area contributed by atoms with Crippen LogP contribution in [-0.2, 0) is 9.09 Å². The quantitative estimate of drug-likeness (QED) is 0.494. The van der Waals surface area contributed by atoms with Gasteiger partial charge in [0.15, 0.2) is 6.10 Å². The summed E-state index contributed by atoms with van der Waals surface area (Å²) in [6.45, 7) is 0.393. The molecule has 0 rings (SSSR count). The van der Waals surface area contributed by atoms with Crippen LogP contribution in [0.4, 0.5) is 17.4 Å². The molecule has 0 aromatic rings. The van der Waals surface area contributed by atoms with Crippen molar-refractivity contribution in [3.05, 3.63) is 0 Å². The van der Waals surface area contributed by atoms with E-state index >= 15 is 0 Å². The molecular weight excluding hydrogens is 191 g/mol. The third-order valence-electron chi connectivity index (χ3n) is 0.745. The normalized spacial score (nSPS) is 20.9. The molecule has 2 unspecified atom stereocenters. The van der Waals surface area contributed by atoms with Crippen molar-refractivity contribution < 1.29 is 31.4 Å². The predicted octanol–water partition coefficient (Wildman–Crippen LogP) is 1.39. The topological polar surface area (TPSA) is 49.4 Å². The van der Waals surface area contributed by atoms with E-state index in [1.54, 1.807) is 0 Å². The molecule has 2 atom stereocenters. The number of hydrogen-bond acceptors (Lipinski definition) is 3. The average molecular weight is 195 g/mol. The molecule has 3 nitrogen and oxygen atoms in total. The van der Waals surface area contributed by atoms with E-state index in [0.29, 0.717) is 6.92 Å². The second kappa shape index (κ2) is 3.08. The highest BCUT2D eigenvalue weighted by Gasteiger charge is 2.39. The number of hydrogen-bond donors (Lipinski definition) is 0. The van der Waals surface area contributed by atoms with Crippen LogP contribution < -0.4 is 4.89 Å². The first-order chi connectivity index (χ1) is 4.63. The maximum absolute atomic E-state index is 11.4. The van der Waals surface area contributed by atoms with E-state index in [9.17, 15) is 26.8 Å². The highest BCUT2D eigenvalue weighted by Crippen LogP contribution is 2.42. The Kier molecular flexibility index (Phi) is 3.05. The minimum Gasteiger partial charge on any atom is -0.753 e. The fraction of sp³-hybridized carbons (Fsp3) is 1.00. The number of halogens is 4. The van der Waals surface area contributed by atoms with Crippen molar-refractivity contribution in [2.24, 2.45) is 0 Å². The van der Waals surface area contributed by atoms with Crippen LogP contribution in [0.25, 0.3) is 0 Å². The van der Waals surface area contributed by atoms with E-state index in [4.69, 9.17) is 0 Å². The lowest BCUT2D eigenvalue weighted by molar-refractivity contribution is -0.244. The third-order valence-corrected chi connectivity index (χ3v) is 1.31. The Morgan fingerprint density at radius 2 is 1.91 bits per heavy atom. The molecule has 0 fully saturated rings. The van der Waals surface area contributed by atoms with E-state index in [1.807, 2.05) is 0 Å². The van der Waals surface area contributed by atoms with Gasteiger partial charge >= 0.3 is 14.1 Å². The van der Waals surface area contributed by atoms with Crippen molar-refractivity contribution in [3.8, 4) is 0 Å². The van der Waals surface area contributed by atoms with Gasteiger partial charge in [-0.25, -0.2) is 0 Å². The van der Waals surface area contributed by atoms with Crippen LogP contribution >= 0.6 is 7.91 Å². The molecule has 0 spiro atoms. The van der Waals surface area contributed by atoms with Crippen molar-refractivity contribution in [1.29, 1.82) is 0 Å². The van der Waals surface area contributed by atoms with Crippen molar-refractivity contribution in [3.63, 3.8) is 0 Å². The summed E-state index contributed by atoms with van der Waals surface area (Å²) in [5.41, 5.74) is 0. The molecule has 0 aliphatic rings. The van der Waals surface area contributed by atoms with Gasteiger partial charge in [-0.3, -0.25) is 4.57 Å². The molecule has 0 aliphatic carbocycles. The Morgan fingerprint density at radius 1 is 1.55 bits per heavy atom. The van der Waals surface area contributed by atoms with Gasteiger partial charge in [0.25, 0.3) is 0 Å². The molecule has 0 N–H and O–H groups in total. The molecule has 0 aliphatic heterocycles. The summed E-state index contributed by atoms with van der Waals surface area (Å²) in [6.07, 6.45) is -7.51. The Balaban J connectivity index is 4.10. The fourth-order valence-electron chi connectivity index (χ4n) is 0.249. The first-order valence-corrected chi connectivity index (χ1v) is 3.82. The molecular formula is C3H4F4O3P-. The average Bonchev–Trinajstić information content (AvgIpc) is 1.56. The van der Waals surface area contributed by atoms with E-state index < -0.39 is 20.2 Å². The van der Waals surface area contributed by atoms with Gasteiger partial charge in [-0.2, -0.15) is 17.4 Å². The second-order valence-corrected chi connectivity index (χ2v) is 2.79. The smallest absolute Gasteiger partial charge is 0.414 e. The maximum atomic E-state index is 11.4. The summed E-state index contributed by atoms with van der Waals surface area (Å²) in [5, 5.41) is 0. The lowest BCUT2D eigenvalue weighted by atomic mass is 10.4. The van der Waals surface area contributed by atoms with Gasteiger partial charge in [-0.1, -0.05) is 0 Å². The number of rotatable bonds is 2. The minimum atomic E-state index is -5.79. The molecule has 0 radical (unpaired) electrons. The van der Waals surface area contributed by atoms with Gasteiger partial charge < -0.3 is 9.42 Å². The SMILES string of the molecule is CC(OP(=O)([O-])F)C(F)(F)F. The summed E-state index contributed by atoms with van der Waals surface area (Å²) in [6, 6.07) is 0. The summed E-state index contributed by atoms with van der Waals surface area (Å²) in [4.78, 5) is 9.53. The van der Waals surface area contributed by atoms with Crippen molar-refractivity contribution in [1.82, 2.24) is 0 Å². The Morgan fingerprint density at radius 3 is 2.00 bits per heavy atom. The predicted molar refractivity (Wildman–Crippen MR) is 25.3 cm³/mol. The van der Waals surface area contributed by atoms with Crippen LogP contribution in [0.15, 0.2) is 0 Å². The van der Waals surface area contributed by atoms with Gasteiger partial charge in [-0.05, 0) is 6.92 Å². The van der Waals surface area contributed by atoms with Crippen LogP contribution in [0.2, 0.25) is 0 Å². The van der Waals surface area contributed by atoms with E-state index in [1.165, 1.54) is 0 Å². The van der Waals surface area contributed by atoms with Gasteiger partial charge in [0.05, 0.1) is 0 Å². The summed E-state index contributed by atoms with van der Waals surface area (Å²) < 4.78 is 58.3. The van der Waals surface area contributed by atoms with Gasteiger partial charge in [-0.15, -0.1) is 0 Å². The zero-order valence-electron chi connectivity index (χ0n) is 5.26. The minimum absolute atomic E-state index is 0.393. The standard InChI is InChI=1S/C3H5F4O3P/c1-2(3(4,5)6)10-11(7,8)9/h2H,1H3,(H,8,9)/p-1. The van der Waals surface area contributed by atoms with Crippen LogP contribution in [0.3, 0.4) is 0 Å². The molecule has 8 heteroatoms. The zero-order valence-corrected chi connectivity index (χ0v) is 6.16. The van der Waals surface area contributed by atoms with Crippen molar-refractivity contribution in [2.45, 2.75) is 19.2 Å².